The zero-order chi connectivity index (χ0) is 21.6. The molecule has 8 nitrogen and oxygen atoms in total. The molecule has 1 amide bonds. The predicted octanol–water partition coefficient (Wildman–Crippen LogP) is 3.72. The maximum atomic E-state index is 12.3. The van der Waals surface area contributed by atoms with E-state index in [1.54, 1.807) is 29.1 Å². The van der Waals surface area contributed by atoms with Gasteiger partial charge in [0, 0.05) is 18.2 Å². The van der Waals surface area contributed by atoms with E-state index >= 15 is 0 Å². The number of amides is 1. The van der Waals surface area contributed by atoms with Gasteiger partial charge in [-0.3, -0.25) is 4.79 Å². The number of carbonyl (C=O) groups is 2. The summed E-state index contributed by atoms with van der Waals surface area (Å²) in [5, 5.41) is 7.18. The second kappa shape index (κ2) is 9.97. The van der Waals surface area contributed by atoms with Gasteiger partial charge in [0.1, 0.15) is 5.82 Å². The molecule has 1 aromatic carbocycles. The predicted molar refractivity (Wildman–Crippen MR) is 110 cm³/mol. The number of nitrogens with zero attached hydrogens (tertiary/aromatic N) is 2. The number of hydrogen-bond acceptors (Lipinski definition) is 6. The van der Waals surface area contributed by atoms with Crippen LogP contribution < -0.4 is 14.8 Å². The van der Waals surface area contributed by atoms with Crippen molar-refractivity contribution in [3.05, 3.63) is 41.1 Å². The SMILES string of the molecule is COc1cc(/C=C/C(=O)O[C@@H](C)C(=O)Nc2ccnn2C(C)C)cc(Cl)c1OC. The van der Waals surface area contributed by atoms with Crippen molar-refractivity contribution in [2.75, 3.05) is 19.5 Å². The molecule has 2 aromatic rings. The lowest BCUT2D eigenvalue weighted by molar-refractivity contribution is -0.148. The number of rotatable bonds is 8. The molecule has 2 rings (SSSR count). The monoisotopic (exact) mass is 421 g/mol. The molecular formula is C20H24ClN3O5. The first-order valence-corrected chi connectivity index (χ1v) is 9.29. The summed E-state index contributed by atoms with van der Waals surface area (Å²) in [5.74, 6) is 0.241. The first-order chi connectivity index (χ1) is 13.8. The molecule has 156 valence electrons. The Hall–Kier alpha value is -3.00. The Morgan fingerprint density at radius 1 is 1.21 bits per heavy atom. The number of hydrogen-bond donors (Lipinski definition) is 1. The Kier molecular flexibility index (Phi) is 7.67. The number of ether oxygens (including phenoxy) is 3. The summed E-state index contributed by atoms with van der Waals surface area (Å²) in [6.45, 7) is 5.37. The third kappa shape index (κ3) is 5.74. The van der Waals surface area contributed by atoms with Crippen molar-refractivity contribution in [3.8, 4) is 11.5 Å². The van der Waals surface area contributed by atoms with Crippen LogP contribution in [0.1, 0.15) is 32.4 Å². The summed E-state index contributed by atoms with van der Waals surface area (Å²) in [6, 6.07) is 5.04. The van der Waals surface area contributed by atoms with Crippen molar-refractivity contribution in [1.82, 2.24) is 9.78 Å². The Morgan fingerprint density at radius 3 is 2.55 bits per heavy atom. The van der Waals surface area contributed by atoms with E-state index in [1.165, 1.54) is 33.3 Å². The van der Waals surface area contributed by atoms with E-state index < -0.39 is 18.0 Å². The molecule has 0 bridgehead atoms. The number of nitrogens with one attached hydrogen (secondary N) is 1. The van der Waals surface area contributed by atoms with Crippen molar-refractivity contribution in [2.24, 2.45) is 0 Å². The highest BCUT2D eigenvalue weighted by Gasteiger charge is 2.19. The highest BCUT2D eigenvalue weighted by atomic mass is 35.5. The molecule has 0 spiro atoms. The Balaban J connectivity index is 2.00. The lowest BCUT2D eigenvalue weighted by Crippen LogP contribution is -2.30. The summed E-state index contributed by atoms with van der Waals surface area (Å²) in [7, 11) is 2.97. The van der Waals surface area contributed by atoms with Crippen molar-refractivity contribution < 1.29 is 23.8 Å². The van der Waals surface area contributed by atoms with Gasteiger partial charge in [0.15, 0.2) is 17.6 Å². The summed E-state index contributed by atoms with van der Waals surface area (Å²) in [6.07, 6.45) is 3.31. The van der Waals surface area contributed by atoms with Crippen LogP contribution in [0.25, 0.3) is 6.08 Å². The molecule has 0 fully saturated rings. The smallest absolute Gasteiger partial charge is 0.331 e. The van der Waals surface area contributed by atoms with E-state index in [2.05, 4.69) is 10.4 Å². The van der Waals surface area contributed by atoms with Crippen LogP contribution >= 0.6 is 11.6 Å². The molecule has 0 aliphatic carbocycles. The second-order valence-corrected chi connectivity index (χ2v) is 6.80. The Bertz CT molecular complexity index is 908. The minimum Gasteiger partial charge on any atom is -0.493 e. The van der Waals surface area contributed by atoms with Gasteiger partial charge in [-0.25, -0.2) is 9.48 Å². The minimum absolute atomic E-state index is 0.0781. The molecule has 0 saturated carbocycles. The van der Waals surface area contributed by atoms with Gasteiger partial charge in [-0.1, -0.05) is 11.6 Å². The highest BCUT2D eigenvalue weighted by molar-refractivity contribution is 6.32. The standard InChI is InChI=1S/C20H24ClN3O5/c1-12(2)24-17(8-9-22-24)23-20(26)13(3)29-18(25)7-6-14-10-15(21)19(28-5)16(11-14)27-4/h6-13H,1-5H3,(H,23,26)/b7-6+/t13-/m0/s1. The van der Waals surface area contributed by atoms with Crippen LogP contribution in [0.3, 0.4) is 0 Å². The molecule has 1 atom stereocenters. The fourth-order valence-corrected chi connectivity index (χ4v) is 2.81. The zero-order valence-electron chi connectivity index (χ0n) is 16.9. The lowest BCUT2D eigenvalue weighted by Gasteiger charge is -2.15. The van der Waals surface area contributed by atoms with Crippen molar-refractivity contribution >= 4 is 35.4 Å². The van der Waals surface area contributed by atoms with Gasteiger partial charge in [0.25, 0.3) is 5.91 Å². The van der Waals surface area contributed by atoms with E-state index in [-0.39, 0.29) is 6.04 Å². The highest BCUT2D eigenvalue weighted by Crippen LogP contribution is 2.36. The number of carbonyl (C=O) groups excluding carboxylic acids is 2. The van der Waals surface area contributed by atoms with E-state index in [9.17, 15) is 9.59 Å². The normalized spacial score (nSPS) is 12.1. The number of esters is 1. The maximum absolute atomic E-state index is 12.3. The fourth-order valence-electron chi connectivity index (χ4n) is 2.52. The molecule has 0 unspecified atom stereocenters. The van der Waals surface area contributed by atoms with E-state index in [1.807, 2.05) is 13.8 Å². The van der Waals surface area contributed by atoms with Crippen LogP contribution in [-0.4, -0.2) is 42.0 Å². The summed E-state index contributed by atoms with van der Waals surface area (Å²) < 4.78 is 17.2. The van der Waals surface area contributed by atoms with Crippen LogP contribution in [0.2, 0.25) is 5.02 Å². The number of methoxy groups -OCH3 is 2. The number of aromatic nitrogens is 2. The lowest BCUT2D eigenvalue weighted by atomic mass is 10.2. The number of anilines is 1. The Morgan fingerprint density at radius 2 is 1.93 bits per heavy atom. The largest absolute Gasteiger partial charge is 0.493 e. The van der Waals surface area contributed by atoms with Gasteiger partial charge in [-0.2, -0.15) is 5.10 Å². The number of halogens is 1. The molecule has 1 heterocycles. The first kappa shape index (κ1) is 22.3. The van der Waals surface area contributed by atoms with Gasteiger partial charge in [0.2, 0.25) is 0 Å². The van der Waals surface area contributed by atoms with E-state index in [4.69, 9.17) is 25.8 Å². The quantitative estimate of drug-likeness (QED) is 0.516. The molecule has 1 aromatic heterocycles. The minimum atomic E-state index is -0.989. The molecular weight excluding hydrogens is 398 g/mol. The van der Waals surface area contributed by atoms with Crippen LogP contribution in [-0.2, 0) is 14.3 Å². The molecule has 0 aliphatic heterocycles. The van der Waals surface area contributed by atoms with Crippen LogP contribution in [0, 0.1) is 0 Å². The topological polar surface area (TPSA) is 91.7 Å². The van der Waals surface area contributed by atoms with Crippen LogP contribution in [0.4, 0.5) is 5.82 Å². The maximum Gasteiger partial charge on any atom is 0.331 e. The summed E-state index contributed by atoms with van der Waals surface area (Å²) in [5.41, 5.74) is 0.613. The van der Waals surface area contributed by atoms with Gasteiger partial charge < -0.3 is 19.5 Å². The average Bonchev–Trinajstić information content (AvgIpc) is 3.14. The Labute approximate surface area is 174 Å². The van der Waals surface area contributed by atoms with Crippen LogP contribution in [0.5, 0.6) is 11.5 Å². The zero-order valence-corrected chi connectivity index (χ0v) is 17.7. The molecule has 1 N–H and O–H groups in total. The average molecular weight is 422 g/mol. The third-order valence-electron chi connectivity index (χ3n) is 3.94. The second-order valence-electron chi connectivity index (χ2n) is 6.39. The van der Waals surface area contributed by atoms with Crippen molar-refractivity contribution in [2.45, 2.75) is 32.9 Å². The van der Waals surface area contributed by atoms with E-state index in [0.717, 1.165) is 0 Å². The summed E-state index contributed by atoms with van der Waals surface area (Å²) >= 11 is 6.14. The molecule has 0 aliphatic rings. The fraction of sp³-hybridized carbons (Fsp3) is 0.350. The third-order valence-corrected chi connectivity index (χ3v) is 4.22. The summed E-state index contributed by atoms with van der Waals surface area (Å²) in [4.78, 5) is 24.4. The van der Waals surface area contributed by atoms with Gasteiger partial charge in [-0.15, -0.1) is 0 Å². The van der Waals surface area contributed by atoms with Crippen LogP contribution in [0.15, 0.2) is 30.5 Å². The molecule has 29 heavy (non-hydrogen) atoms. The van der Waals surface area contributed by atoms with Gasteiger partial charge in [0.05, 0.1) is 25.4 Å². The van der Waals surface area contributed by atoms with Gasteiger partial charge >= 0.3 is 5.97 Å². The molecule has 0 saturated heterocycles. The molecule has 9 heteroatoms. The number of benzene rings is 1. The van der Waals surface area contributed by atoms with E-state index in [0.29, 0.717) is 27.9 Å². The molecule has 0 radical (unpaired) electrons. The van der Waals surface area contributed by atoms with Crippen molar-refractivity contribution in [1.29, 1.82) is 0 Å². The van der Waals surface area contributed by atoms with Crippen molar-refractivity contribution in [3.63, 3.8) is 0 Å². The first-order valence-electron chi connectivity index (χ1n) is 8.91. The van der Waals surface area contributed by atoms with Gasteiger partial charge in [-0.05, 0) is 44.5 Å².